The van der Waals surface area contributed by atoms with Crippen molar-refractivity contribution in [3.8, 4) is 23.0 Å². The number of nitrogens with zero attached hydrogens (tertiary/aromatic N) is 5. The van der Waals surface area contributed by atoms with E-state index >= 15 is 0 Å². The number of furan rings is 1. The van der Waals surface area contributed by atoms with Crippen molar-refractivity contribution in [1.29, 1.82) is 0 Å². The highest BCUT2D eigenvalue weighted by molar-refractivity contribution is 7.98. The average Bonchev–Trinajstić information content (AvgIpc) is 3.44. The SMILES string of the molecule is COc1ccccc1-n1c(SCc2cc(=O)n3cc(C)ccc3n2)nnc1-c1ccc(C)o1. The maximum atomic E-state index is 12.6. The van der Waals surface area contributed by atoms with E-state index in [-0.39, 0.29) is 5.56 Å². The predicted molar refractivity (Wildman–Crippen MR) is 126 cm³/mol. The van der Waals surface area contributed by atoms with E-state index in [1.807, 2.05) is 66.9 Å². The number of methoxy groups -OCH3 is 1. The molecule has 8 nitrogen and oxygen atoms in total. The molecule has 0 aliphatic heterocycles. The normalized spacial score (nSPS) is 11.2. The second-order valence-corrected chi connectivity index (χ2v) is 8.48. The van der Waals surface area contributed by atoms with Crippen LogP contribution in [0.2, 0.25) is 0 Å². The highest BCUT2D eigenvalue weighted by Gasteiger charge is 2.21. The van der Waals surface area contributed by atoms with Crippen LogP contribution in [0.3, 0.4) is 0 Å². The summed E-state index contributed by atoms with van der Waals surface area (Å²) < 4.78 is 14.9. The molecular formula is C24H21N5O3S. The van der Waals surface area contributed by atoms with Crippen molar-refractivity contribution < 1.29 is 9.15 Å². The number of thioether (sulfide) groups is 1. The highest BCUT2D eigenvalue weighted by atomic mass is 32.2. The molecule has 0 saturated heterocycles. The second kappa shape index (κ2) is 8.59. The van der Waals surface area contributed by atoms with Crippen LogP contribution in [0, 0.1) is 13.8 Å². The fourth-order valence-electron chi connectivity index (χ4n) is 3.58. The van der Waals surface area contributed by atoms with Gasteiger partial charge in [-0.15, -0.1) is 10.2 Å². The van der Waals surface area contributed by atoms with Crippen LogP contribution in [-0.4, -0.2) is 31.3 Å². The van der Waals surface area contributed by atoms with E-state index < -0.39 is 0 Å². The minimum atomic E-state index is -0.114. The van der Waals surface area contributed by atoms with Crippen LogP contribution < -0.4 is 10.3 Å². The molecule has 0 saturated carbocycles. The number of aromatic nitrogens is 5. The molecule has 5 aromatic rings. The zero-order valence-electron chi connectivity index (χ0n) is 18.3. The van der Waals surface area contributed by atoms with E-state index in [0.29, 0.717) is 39.6 Å². The second-order valence-electron chi connectivity index (χ2n) is 7.53. The number of rotatable bonds is 6. The topological polar surface area (TPSA) is 87.5 Å². The first-order valence-corrected chi connectivity index (χ1v) is 11.3. The third-order valence-electron chi connectivity index (χ3n) is 5.13. The Kier molecular flexibility index (Phi) is 5.47. The molecule has 0 N–H and O–H groups in total. The fourth-order valence-corrected chi connectivity index (χ4v) is 4.42. The third-order valence-corrected chi connectivity index (χ3v) is 6.09. The van der Waals surface area contributed by atoms with Gasteiger partial charge in [0.1, 0.15) is 17.2 Å². The summed E-state index contributed by atoms with van der Waals surface area (Å²) in [4.78, 5) is 17.2. The fraction of sp³-hybridized carbons (Fsp3) is 0.167. The maximum absolute atomic E-state index is 12.6. The summed E-state index contributed by atoms with van der Waals surface area (Å²) in [6, 6.07) is 16.8. The number of ether oxygens (including phenoxy) is 1. The van der Waals surface area contributed by atoms with E-state index in [1.54, 1.807) is 23.8 Å². The lowest BCUT2D eigenvalue weighted by molar-refractivity contribution is 0.412. The third kappa shape index (κ3) is 4.03. The van der Waals surface area contributed by atoms with Gasteiger partial charge in [-0.05, 0) is 49.7 Å². The van der Waals surface area contributed by atoms with Crippen molar-refractivity contribution in [1.82, 2.24) is 24.1 Å². The summed E-state index contributed by atoms with van der Waals surface area (Å²) in [6.45, 7) is 3.83. The first-order valence-electron chi connectivity index (χ1n) is 10.3. The van der Waals surface area contributed by atoms with Gasteiger partial charge in [0.25, 0.3) is 5.56 Å². The van der Waals surface area contributed by atoms with Gasteiger partial charge in [0.05, 0.1) is 18.5 Å². The van der Waals surface area contributed by atoms with Crippen molar-refractivity contribution in [2.75, 3.05) is 7.11 Å². The lowest BCUT2D eigenvalue weighted by Crippen LogP contribution is -2.15. The minimum absolute atomic E-state index is 0.114. The summed E-state index contributed by atoms with van der Waals surface area (Å²) in [7, 11) is 1.63. The molecule has 0 fully saturated rings. The quantitative estimate of drug-likeness (QED) is 0.347. The van der Waals surface area contributed by atoms with Gasteiger partial charge < -0.3 is 9.15 Å². The molecule has 0 spiro atoms. The number of para-hydroxylation sites is 2. The van der Waals surface area contributed by atoms with E-state index in [1.165, 1.54) is 11.8 Å². The van der Waals surface area contributed by atoms with Crippen molar-refractivity contribution in [3.05, 3.63) is 88.2 Å². The number of pyridine rings is 1. The van der Waals surface area contributed by atoms with Crippen molar-refractivity contribution in [2.24, 2.45) is 0 Å². The van der Waals surface area contributed by atoms with Crippen molar-refractivity contribution in [2.45, 2.75) is 24.8 Å². The number of hydrogen-bond acceptors (Lipinski definition) is 7. The van der Waals surface area contributed by atoms with Crippen LogP contribution >= 0.6 is 11.8 Å². The number of aryl methyl sites for hydroxylation is 2. The molecule has 9 heteroatoms. The Bertz CT molecular complexity index is 1520. The predicted octanol–water partition coefficient (Wildman–Crippen LogP) is 4.45. The Labute approximate surface area is 193 Å². The summed E-state index contributed by atoms with van der Waals surface area (Å²) in [5, 5.41) is 9.45. The molecule has 0 unspecified atom stereocenters. The van der Waals surface area contributed by atoms with Gasteiger partial charge in [-0.3, -0.25) is 13.8 Å². The summed E-state index contributed by atoms with van der Waals surface area (Å²) in [5.74, 6) is 3.09. The van der Waals surface area contributed by atoms with Gasteiger partial charge in [0.2, 0.25) is 5.82 Å². The molecule has 1 aromatic carbocycles. The molecule has 4 aromatic heterocycles. The molecular weight excluding hydrogens is 438 g/mol. The molecule has 0 aliphatic rings. The van der Waals surface area contributed by atoms with E-state index in [2.05, 4.69) is 15.2 Å². The van der Waals surface area contributed by atoms with E-state index in [9.17, 15) is 4.79 Å². The number of benzene rings is 1. The van der Waals surface area contributed by atoms with Gasteiger partial charge in [-0.25, -0.2) is 4.98 Å². The highest BCUT2D eigenvalue weighted by Crippen LogP contribution is 2.33. The van der Waals surface area contributed by atoms with Crippen molar-refractivity contribution in [3.63, 3.8) is 0 Å². The maximum Gasteiger partial charge on any atom is 0.258 e. The zero-order valence-corrected chi connectivity index (χ0v) is 19.2. The van der Waals surface area contributed by atoms with E-state index in [4.69, 9.17) is 9.15 Å². The van der Waals surface area contributed by atoms with Gasteiger partial charge in [-0.2, -0.15) is 0 Å². The molecule has 0 bridgehead atoms. The Balaban J connectivity index is 1.55. The van der Waals surface area contributed by atoms with Crippen LogP contribution in [-0.2, 0) is 5.75 Å². The molecule has 0 amide bonds. The van der Waals surface area contributed by atoms with Gasteiger partial charge in [-0.1, -0.05) is 30.0 Å². The minimum Gasteiger partial charge on any atom is -0.495 e. The summed E-state index contributed by atoms with van der Waals surface area (Å²) >= 11 is 1.44. The summed E-state index contributed by atoms with van der Waals surface area (Å²) in [6.07, 6.45) is 1.79. The Morgan fingerprint density at radius 2 is 1.91 bits per heavy atom. The molecule has 4 heterocycles. The molecule has 0 aliphatic carbocycles. The van der Waals surface area contributed by atoms with E-state index in [0.717, 1.165) is 17.0 Å². The molecule has 5 rings (SSSR count). The average molecular weight is 460 g/mol. The number of fused-ring (bicyclic) bond motifs is 1. The van der Waals surface area contributed by atoms with Crippen LogP contribution in [0.1, 0.15) is 17.0 Å². The monoisotopic (exact) mass is 459 g/mol. The van der Waals surface area contributed by atoms with Crippen molar-refractivity contribution >= 4 is 17.4 Å². The Hall–Kier alpha value is -3.85. The largest absolute Gasteiger partial charge is 0.495 e. The van der Waals surface area contributed by atoms with Gasteiger partial charge in [0.15, 0.2) is 10.9 Å². The first kappa shape index (κ1) is 21.0. The Morgan fingerprint density at radius 3 is 2.70 bits per heavy atom. The lowest BCUT2D eigenvalue weighted by atomic mass is 10.3. The first-order chi connectivity index (χ1) is 16.0. The smallest absolute Gasteiger partial charge is 0.258 e. The van der Waals surface area contributed by atoms with Crippen LogP contribution in [0.25, 0.3) is 22.9 Å². The summed E-state index contributed by atoms with van der Waals surface area (Å²) in [5.41, 5.74) is 2.95. The molecule has 0 radical (unpaired) electrons. The Morgan fingerprint density at radius 1 is 1.06 bits per heavy atom. The zero-order chi connectivity index (χ0) is 22.9. The standard InChI is InChI=1S/C24H21N5O3S/c1-15-8-11-21-25-17(12-22(30)28(21)13-15)14-33-24-27-26-23(20-10-9-16(2)32-20)29(24)18-6-4-5-7-19(18)31-3/h4-13H,14H2,1-3H3. The van der Waals surface area contributed by atoms with Crippen LogP contribution in [0.4, 0.5) is 0 Å². The molecule has 33 heavy (non-hydrogen) atoms. The van der Waals surface area contributed by atoms with Gasteiger partial charge in [0, 0.05) is 18.0 Å². The molecule has 166 valence electrons. The van der Waals surface area contributed by atoms with Crippen LogP contribution in [0.15, 0.2) is 75.2 Å². The van der Waals surface area contributed by atoms with Crippen LogP contribution in [0.5, 0.6) is 5.75 Å². The van der Waals surface area contributed by atoms with Gasteiger partial charge >= 0.3 is 0 Å². The number of hydrogen-bond donors (Lipinski definition) is 0. The lowest BCUT2D eigenvalue weighted by Gasteiger charge is -2.13. The molecule has 0 atom stereocenters.